The smallest absolute Gasteiger partial charge is 0.342 e. The summed E-state index contributed by atoms with van der Waals surface area (Å²) in [7, 11) is 0.283. The van der Waals surface area contributed by atoms with Crippen LogP contribution >= 0.6 is 11.3 Å². The second-order valence-corrected chi connectivity index (χ2v) is 10.6. The Balaban J connectivity index is 1.59. The average Bonchev–Trinajstić information content (AvgIpc) is 3.61. The van der Waals surface area contributed by atoms with Gasteiger partial charge in [0.25, 0.3) is 5.91 Å². The summed E-state index contributed by atoms with van der Waals surface area (Å²) in [4.78, 5) is 26.7. The SMILES string of the molecule is COc1ccc(C2CC(c3cccs3)=NN2C(=O)COC(=O)c2cc(S(N)(=O)=O)ccc2OC)cc1OC. The van der Waals surface area contributed by atoms with Crippen molar-refractivity contribution < 1.29 is 37.0 Å². The maximum absolute atomic E-state index is 13.3. The average molecular weight is 560 g/mol. The summed E-state index contributed by atoms with van der Waals surface area (Å²) in [6.45, 7) is -0.646. The summed E-state index contributed by atoms with van der Waals surface area (Å²) in [5, 5.41) is 12.9. The Kier molecular flexibility index (Phi) is 7.99. The van der Waals surface area contributed by atoms with Gasteiger partial charge in [-0.1, -0.05) is 12.1 Å². The second kappa shape index (κ2) is 11.2. The highest BCUT2D eigenvalue weighted by atomic mass is 32.2. The van der Waals surface area contributed by atoms with Gasteiger partial charge < -0.3 is 18.9 Å². The molecule has 1 aliphatic rings. The van der Waals surface area contributed by atoms with Gasteiger partial charge in [0, 0.05) is 6.42 Å². The minimum atomic E-state index is -4.08. The number of thiophene rings is 1. The summed E-state index contributed by atoms with van der Waals surface area (Å²) >= 11 is 1.50. The van der Waals surface area contributed by atoms with Crippen LogP contribution in [0.1, 0.15) is 33.3 Å². The van der Waals surface area contributed by atoms with Crippen molar-refractivity contribution in [3.05, 3.63) is 69.9 Å². The van der Waals surface area contributed by atoms with Gasteiger partial charge in [0.2, 0.25) is 10.0 Å². The molecule has 2 heterocycles. The number of primary sulfonamides is 1. The predicted octanol–water partition coefficient (Wildman–Crippen LogP) is 2.96. The molecule has 11 nitrogen and oxygen atoms in total. The lowest BCUT2D eigenvalue weighted by Crippen LogP contribution is -2.31. The molecule has 200 valence electrons. The molecule has 13 heteroatoms. The van der Waals surface area contributed by atoms with Crippen LogP contribution in [0, 0.1) is 0 Å². The van der Waals surface area contributed by atoms with Crippen molar-refractivity contribution in [2.45, 2.75) is 17.4 Å². The number of carbonyl (C=O) groups excluding carboxylic acids is 2. The Labute approximate surface area is 223 Å². The van der Waals surface area contributed by atoms with Crippen molar-refractivity contribution in [1.29, 1.82) is 0 Å². The number of carbonyl (C=O) groups is 2. The number of sulfonamides is 1. The van der Waals surface area contributed by atoms with Crippen LogP contribution in [0.2, 0.25) is 0 Å². The maximum atomic E-state index is 13.3. The van der Waals surface area contributed by atoms with Gasteiger partial charge in [0.05, 0.1) is 42.9 Å². The van der Waals surface area contributed by atoms with Crippen LogP contribution in [-0.4, -0.2) is 59.0 Å². The topological polar surface area (TPSA) is 147 Å². The van der Waals surface area contributed by atoms with Gasteiger partial charge in [-0.05, 0) is 47.3 Å². The van der Waals surface area contributed by atoms with E-state index in [1.165, 1.54) is 49.8 Å². The number of hydrogen-bond acceptors (Lipinski definition) is 10. The molecule has 0 aliphatic carbocycles. The molecule has 0 radical (unpaired) electrons. The first-order valence-corrected chi connectivity index (χ1v) is 13.6. The van der Waals surface area contributed by atoms with Crippen molar-refractivity contribution in [3.8, 4) is 17.2 Å². The van der Waals surface area contributed by atoms with E-state index in [-0.39, 0.29) is 16.2 Å². The molecule has 38 heavy (non-hydrogen) atoms. The fraction of sp³-hybridized carbons (Fsp3) is 0.240. The number of nitrogens with zero attached hydrogens (tertiary/aromatic N) is 2. The molecule has 1 aliphatic heterocycles. The molecule has 0 fully saturated rings. The first-order valence-electron chi connectivity index (χ1n) is 11.2. The molecule has 1 atom stereocenters. The number of rotatable bonds is 9. The molecule has 0 saturated carbocycles. The molecule has 4 rings (SSSR count). The molecule has 2 N–H and O–H groups in total. The summed E-state index contributed by atoms with van der Waals surface area (Å²) in [6, 6.07) is 12.2. The highest BCUT2D eigenvalue weighted by Crippen LogP contribution is 2.38. The van der Waals surface area contributed by atoms with Crippen molar-refractivity contribution in [3.63, 3.8) is 0 Å². The molecule has 0 bridgehead atoms. The van der Waals surface area contributed by atoms with E-state index < -0.39 is 34.5 Å². The van der Waals surface area contributed by atoms with E-state index in [9.17, 15) is 18.0 Å². The zero-order chi connectivity index (χ0) is 27.4. The third-order valence-corrected chi connectivity index (χ3v) is 7.64. The molecule has 0 spiro atoms. The molecule has 1 aromatic heterocycles. The summed E-state index contributed by atoms with van der Waals surface area (Å²) < 4.78 is 44.6. The number of methoxy groups -OCH3 is 3. The van der Waals surface area contributed by atoms with E-state index in [1.807, 2.05) is 23.6 Å². The van der Waals surface area contributed by atoms with Crippen LogP contribution in [0.15, 0.2) is 63.9 Å². The van der Waals surface area contributed by atoms with Gasteiger partial charge in [0.15, 0.2) is 18.1 Å². The van der Waals surface area contributed by atoms with Gasteiger partial charge in [-0.25, -0.2) is 23.4 Å². The Morgan fingerprint density at radius 2 is 1.74 bits per heavy atom. The monoisotopic (exact) mass is 559 g/mol. The van der Waals surface area contributed by atoms with E-state index in [0.29, 0.717) is 23.6 Å². The van der Waals surface area contributed by atoms with Crippen LogP contribution in [-0.2, 0) is 19.6 Å². The number of esters is 1. The number of hydrazone groups is 1. The Morgan fingerprint density at radius 3 is 2.37 bits per heavy atom. The van der Waals surface area contributed by atoms with E-state index in [0.717, 1.165) is 16.5 Å². The third-order valence-electron chi connectivity index (χ3n) is 5.81. The first-order chi connectivity index (χ1) is 18.2. The largest absolute Gasteiger partial charge is 0.496 e. The summed E-state index contributed by atoms with van der Waals surface area (Å²) in [6.07, 6.45) is 0.430. The fourth-order valence-electron chi connectivity index (χ4n) is 3.95. The maximum Gasteiger partial charge on any atom is 0.342 e. The van der Waals surface area contributed by atoms with Gasteiger partial charge >= 0.3 is 5.97 Å². The number of ether oxygens (including phenoxy) is 4. The molecular formula is C25H25N3O8S2. The number of nitrogens with two attached hydrogens (primary N) is 1. The van der Waals surface area contributed by atoms with Crippen molar-refractivity contribution in [2.24, 2.45) is 10.2 Å². The standard InChI is InChI=1S/C25H25N3O8S2/c1-33-20-9-7-16(38(26,31)32)12-17(20)25(30)36-14-24(29)28-19(13-18(27-28)23-5-4-10-37-23)15-6-8-21(34-2)22(11-15)35-3/h4-12,19H,13-14H2,1-3H3,(H2,26,31,32). The number of amides is 1. The van der Waals surface area contributed by atoms with Crippen LogP contribution in [0.3, 0.4) is 0 Å². The van der Waals surface area contributed by atoms with E-state index in [1.54, 1.807) is 12.1 Å². The molecule has 0 saturated heterocycles. The fourth-order valence-corrected chi connectivity index (χ4v) is 5.21. The van der Waals surface area contributed by atoms with E-state index >= 15 is 0 Å². The van der Waals surface area contributed by atoms with Crippen molar-refractivity contribution in [2.75, 3.05) is 27.9 Å². The summed E-state index contributed by atoms with van der Waals surface area (Å²) in [5.74, 6) is -0.431. The molecule has 1 unspecified atom stereocenters. The lowest BCUT2D eigenvalue weighted by Gasteiger charge is -2.23. The quantitative estimate of drug-likeness (QED) is 0.394. The highest BCUT2D eigenvalue weighted by molar-refractivity contribution is 7.89. The highest BCUT2D eigenvalue weighted by Gasteiger charge is 2.34. The van der Waals surface area contributed by atoms with Gasteiger partial charge in [-0.3, -0.25) is 4.79 Å². The molecule has 3 aromatic rings. The number of hydrogen-bond donors (Lipinski definition) is 1. The van der Waals surface area contributed by atoms with Gasteiger partial charge in [-0.2, -0.15) is 5.10 Å². The van der Waals surface area contributed by atoms with Gasteiger partial charge in [-0.15, -0.1) is 11.3 Å². The van der Waals surface area contributed by atoms with Crippen LogP contribution < -0.4 is 19.3 Å². The van der Waals surface area contributed by atoms with Crippen LogP contribution in [0.25, 0.3) is 0 Å². The minimum Gasteiger partial charge on any atom is -0.496 e. The Bertz CT molecular complexity index is 1490. The Hall–Kier alpha value is -3.94. The normalized spacial score (nSPS) is 15.1. The minimum absolute atomic E-state index is 0.0669. The molecular weight excluding hydrogens is 534 g/mol. The predicted molar refractivity (Wildman–Crippen MR) is 139 cm³/mol. The lowest BCUT2D eigenvalue weighted by atomic mass is 10.0. The lowest BCUT2D eigenvalue weighted by molar-refractivity contribution is -0.136. The van der Waals surface area contributed by atoms with Crippen molar-refractivity contribution in [1.82, 2.24) is 5.01 Å². The Morgan fingerprint density at radius 1 is 1.03 bits per heavy atom. The van der Waals surface area contributed by atoms with Gasteiger partial charge in [0.1, 0.15) is 11.3 Å². The molecule has 1 amide bonds. The molecule has 2 aromatic carbocycles. The third kappa shape index (κ3) is 5.64. The van der Waals surface area contributed by atoms with E-state index in [2.05, 4.69) is 5.10 Å². The van der Waals surface area contributed by atoms with Crippen LogP contribution in [0.5, 0.6) is 17.2 Å². The zero-order valence-electron chi connectivity index (χ0n) is 20.7. The van der Waals surface area contributed by atoms with Crippen molar-refractivity contribution >= 4 is 38.9 Å². The second-order valence-electron chi connectivity index (χ2n) is 8.08. The van der Waals surface area contributed by atoms with Crippen LogP contribution in [0.4, 0.5) is 0 Å². The summed E-state index contributed by atoms with van der Waals surface area (Å²) in [5.41, 5.74) is 1.27. The van der Waals surface area contributed by atoms with E-state index in [4.69, 9.17) is 24.1 Å². The zero-order valence-corrected chi connectivity index (χ0v) is 22.4. The first kappa shape index (κ1) is 27.1. The number of benzene rings is 2.